The van der Waals surface area contributed by atoms with Gasteiger partial charge in [-0.05, 0) is 63.4 Å². The Morgan fingerprint density at radius 3 is 2.71 bits per heavy atom. The summed E-state index contributed by atoms with van der Waals surface area (Å²) in [6.45, 7) is 6.50. The van der Waals surface area contributed by atoms with Crippen LogP contribution in [0.15, 0.2) is 24.5 Å². The first-order chi connectivity index (χ1) is 8.24. The molecule has 2 atom stereocenters. The third-order valence-electron chi connectivity index (χ3n) is 3.81. The van der Waals surface area contributed by atoms with Crippen LogP contribution in [0.25, 0.3) is 0 Å². The minimum absolute atomic E-state index is 0.469. The average molecular weight is 233 g/mol. The molecule has 94 valence electrons. The molecule has 0 amide bonds. The van der Waals surface area contributed by atoms with E-state index in [1.54, 1.807) is 0 Å². The average Bonchev–Trinajstić information content (AvgIpc) is 2.38. The Kier molecular flexibility index (Phi) is 4.13. The molecule has 2 heterocycles. The third kappa shape index (κ3) is 2.67. The van der Waals surface area contributed by atoms with Crippen LogP contribution >= 0.6 is 0 Å². The fraction of sp³-hybridized carbons (Fsp3) is 0.643. The first kappa shape index (κ1) is 12.5. The van der Waals surface area contributed by atoms with E-state index >= 15 is 0 Å². The fourth-order valence-electron chi connectivity index (χ4n) is 2.95. The van der Waals surface area contributed by atoms with Crippen molar-refractivity contribution in [3.05, 3.63) is 30.1 Å². The van der Waals surface area contributed by atoms with Gasteiger partial charge in [-0.1, -0.05) is 0 Å². The molecule has 0 saturated carbocycles. The van der Waals surface area contributed by atoms with Gasteiger partial charge in [0.25, 0.3) is 0 Å². The Morgan fingerprint density at radius 2 is 2.12 bits per heavy atom. The second-order valence-corrected chi connectivity index (χ2v) is 5.19. The van der Waals surface area contributed by atoms with Gasteiger partial charge in [0.15, 0.2) is 0 Å². The van der Waals surface area contributed by atoms with Crippen molar-refractivity contribution in [3.8, 4) is 0 Å². The van der Waals surface area contributed by atoms with Crippen molar-refractivity contribution in [2.45, 2.75) is 38.8 Å². The molecule has 1 fully saturated rings. The third-order valence-corrected chi connectivity index (χ3v) is 3.81. The lowest BCUT2D eigenvalue weighted by Crippen LogP contribution is -2.44. The van der Waals surface area contributed by atoms with Crippen LogP contribution in [0.4, 0.5) is 0 Å². The maximum atomic E-state index is 5.95. The van der Waals surface area contributed by atoms with Gasteiger partial charge in [0, 0.05) is 24.5 Å². The molecule has 1 aromatic heterocycles. The van der Waals surface area contributed by atoms with Gasteiger partial charge in [-0.2, -0.15) is 0 Å². The van der Waals surface area contributed by atoms with Gasteiger partial charge in [0.1, 0.15) is 0 Å². The monoisotopic (exact) mass is 233 g/mol. The minimum atomic E-state index is 0.469. The molecule has 3 nitrogen and oxygen atoms in total. The van der Waals surface area contributed by atoms with Crippen molar-refractivity contribution in [2.75, 3.05) is 13.1 Å². The number of aromatic nitrogens is 1. The van der Waals surface area contributed by atoms with Crippen LogP contribution in [0.3, 0.4) is 0 Å². The molecule has 2 N–H and O–H groups in total. The second-order valence-electron chi connectivity index (χ2n) is 5.19. The first-order valence-corrected chi connectivity index (χ1v) is 6.59. The molecule has 3 heteroatoms. The lowest BCUT2D eigenvalue weighted by atomic mass is 9.84. The number of pyridine rings is 1. The van der Waals surface area contributed by atoms with Crippen LogP contribution in [-0.2, 0) is 0 Å². The van der Waals surface area contributed by atoms with E-state index in [2.05, 4.69) is 35.9 Å². The molecule has 0 radical (unpaired) electrons. The largest absolute Gasteiger partial charge is 0.330 e. The van der Waals surface area contributed by atoms with Gasteiger partial charge in [0.05, 0.1) is 0 Å². The minimum Gasteiger partial charge on any atom is -0.330 e. The van der Waals surface area contributed by atoms with Crippen molar-refractivity contribution in [3.63, 3.8) is 0 Å². The number of hydrogen-bond donors (Lipinski definition) is 1. The summed E-state index contributed by atoms with van der Waals surface area (Å²) in [6, 6.07) is 5.31. The summed E-state index contributed by atoms with van der Waals surface area (Å²) in [7, 11) is 0. The topological polar surface area (TPSA) is 42.1 Å². The molecule has 0 bridgehead atoms. The van der Waals surface area contributed by atoms with Crippen LogP contribution in [0.2, 0.25) is 0 Å². The van der Waals surface area contributed by atoms with Gasteiger partial charge in [-0.15, -0.1) is 0 Å². The molecule has 1 saturated heterocycles. The van der Waals surface area contributed by atoms with E-state index in [0.717, 1.165) is 6.54 Å². The standard InChI is InChI=1S/C14H23N3/c1-11(2)17-9-3-4-13(10-15)14(17)12-5-7-16-8-6-12/h5-8,11,13-14H,3-4,9-10,15H2,1-2H3/t13-,14-/m1/s1. The summed E-state index contributed by atoms with van der Waals surface area (Å²) in [6.07, 6.45) is 6.28. The number of nitrogens with two attached hydrogens (primary N) is 1. The summed E-state index contributed by atoms with van der Waals surface area (Å²) < 4.78 is 0. The molecule has 0 unspecified atom stereocenters. The number of rotatable bonds is 3. The fourth-order valence-corrected chi connectivity index (χ4v) is 2.95. The molecule has 0 spiro atoms. The molecule has 1 aliphatic heterocycles. The maximum Gasteiger partial charge on any atom is 0.0392 e. The van der Waals surface area contributed by atoms with Crippen LogP contribution < -0.4 is 5.73 Å². The number of hydrogen-bond acceptors (Lipinski definition) is 3. The molecular formula is C14H23N3. The summed E-state index contributed by atoms with van der Waals surface area (Å²) in [5.41, 5.74) is 7.32. The maximum absolute atomic E-state index is 5.95. The van der Waals surface area contributed by atoms with Crippen molar-refractivity contribution < 1.29 is 0 Å². The smallest absolute Gasteiger partial charge is 0.0392 e. The Hall–Kier alpha value is -0.930. The van der Waals surface area contributed by atoms with E-state index in [-0.39, 0.29) is 0 Å². The van der Waals surface area contributed by atoms with Gasteiger partial charge in [-0.3, -0.25) is 9.88 Å². The molecule has 0 aliphatic carbocycles. The Labute approximate surface area is 104 Å². The van der Waals surface area contributed by atoms with E-state index in [0.29, 0.717) is 18.0 Å². The van der Waals surface area contributed by atoms with Crippen LogP contribution in [0.1, 0.15) is 38.3 Å². The summed E-state index contributed by atoms with van der Waals surface area (Å²) >= 11 is 0. The zero-order valence-electron chi connectivity index (χ0n) is 10.8. The second kappa shape index (κ2) is 5.61. The summed E-state index contributed by atoms with van der Waals surface area (Å²) in [5, 5.41) is 0. The van der Waals surface area contributed by atoms with Gasteiger partial charge in [-0.25, -0.2) is 0 Å². The van der Waals surface area contributed by atoms with E-state index < -0.39 is 0 Å². The highest BCUT2D eigenvalue weighted by molar-refractivity contribution is 5.17. The molecule has 1 aliphatic rings. The zero-order chi connectivity index (χ0) is 12.3. The number of piperidine rings is 1. The van der Waals surface area contributed by atoms with E-state index in [1.165, 1.54) is 24.9 Å². The highest BCUT2D eigenvalue weighted by Gasteiger charge is 2.32. The Morgan fingerprint density at radius 1 is 1.41 bits per heavy atom. The van der Waals surface area contributed by atoms with Gasteiger partial charge < -0.3 is 5.73 Å². The highest BCUT2D eigenvalue weighted by atomic mass is 15.2. The molecule has 17 heavy (non-hydrogen) atoms. The predicted molar refractivity (Wildman–Crippen MR) is 70.6 cm³/mol. The molecule has 2 rings (SSSR count). The lowest BCUT2D eigenvalue weighted by molar-refractivity contribution is 0.0665. The van der Waals surface area contributed by atoms with Crippen LogP contribution in [0, 0.1) is 5.92 Å². The molecular weight excluding hydrogens is 210 g/mol. The van der Waals surface area contributed by atoms with E-state index in [9.17, 15) is 0 Å². The van der Waals surface area contributed by atoms with Crippen LogP contribution in [-0.4, -0.2) is 29.0 Å². The van der Waals surface area contributed by atoms with Crippen molar-refractivity contribution >= 4 is 0 Å². The van der Waals surface area contributed by atoms with E-state index in [1.807, 2.05) is 12.4 Å². The van der Waals surface area contributed by atoms with Crippen LogP contribution in [0.5, 0.6) is 0 Å². The predicted octanol–water partition coefficient (Wildman–Crippen LogP) is 2.20. The Balaban J connectivity index is 2.28. The zero-order valence-corrected chi connectivity index (χ0v) is 10.8. The molecule has 0 aromatic carbocycles. The van der Waals surface area contributed by atoms with Crippen molar-refractivity contribution in [2.24, 2.45) is 11.7 Å². The number of nitrogens with zero attached hydrogens (tertiary/aromatic N) is 2. The SMILES string of the molecule is CC(C)N1CCC[C@H](CN)[C@H]1c1ccncc1. The van der Waals surface area contributed by atoms with Gasteiger partial charge in [0.2, 0.25) is 0 Å². The molecule has 1 aromatic rings. The lowest BCUT2D eigenvalue weighted by Gasteiger charge is -2.43. The summed E-state index contributed by atoms with van der Waals surface area (Å²) in [4.78, 5) is 6.69. The summed E-state index contributed by atoms with van der Waals surface area (Å²) in [5.74, 6) is 0.577. The van der Waals surface area contributed by atoms with Gasteiger partial charge >= 0.3 is 0 Å². The first-order valence-electron chi connectivity index (χ1n) is 6.59. The Bertz CT molecular complexity index is 337. The quantitative estimate of drug-likeness (QED) is 0.870. The van der Waals surface area contributed by atoms with Crippen molar-refractivity contribution in [1.82, 2.24) is 9.88 Å². The van der Waals surface area contributed by atoms with Crippen molar-refractivity contribution in [1.29, 1.82) is 0 Å². The van der Waals surface area contributed by atoms with E-state index in [4.69, 9.17) is 5.73 Å². The normalized spacial score (nSPS) is 26.4. The highest BCUT2D eigenvalue weighted by Crippen LogP contribution is 2.36. The number of likely N-dealkylation sites (tertiary alicyclic amines) is 1.